The molecule has 0 aromatic rings. The van der Waals surface area contributed by atoms with E-state index < -0.39 is 0 Å². The van der Waals surface area contributed by atoms with Crippen LogP contribution in [0.25, 0.3) is 0 Å². The summed E-state index contributed by atoms with van der Waals surface area (Å²) >= 11 is 0. The largest absolute Gasteiger partial charge is 0.314 e. The third-order valence-corrected chi connectivity index (χ3v) is 3.89. The average Bonchev–Trinajstić information content (AvgIpc) is 2.75. The summed E-state index contributed by atoms with van der Waals surface area (Å²) < 4.78 is 0. The number of hydrogen-bond acceptors (Lipinski definition) is 2. The highest BCUT2D eigenvalue weighted by atomic mass is 15.2. The number of nitrogens with one attached hydrogen (secondary N) is 1. The highest BCUT2D eigenvalue weighted by Crippen LogP contribution is 2.52. The summed E-state index contributed by atoms with van der Waals surface area (Å²) in [6.07, 6.45) is 4.60. The number of fused-ring (bicyclic) bond motifs is 1. The molecule has 1 aliphatic heterocycles. The number of hydrogen-bond donors (Lipinski definition) is 1. The van der Waals surface area contributed by atoms with E-state index in [1.807, 2.05) is 0 Å². The van der Waals surface area contributed by atoms with Gasteiger partial charge in [-0.3, -0.25) is 4.90 Å². The highest BCUT2D eigenvalue weighted by Gasteiger charge is 2.47. The maximum absolute atomic E-state index is 3.42. The first-order valence-electron chi connectivity index (χ1n) is 5.38. The van der Waals surface area contributed by atoms with Gasteiger partial charge in [0.15, 0.2) is 0 Å². The molecule has 0 spiro atoms. The second-order valence-corrected chi connectivity index (χ2v) is 4.67. The van der Waals surface area contributed by atoms with Crippen molar-refractivity contribution < 1.29 is 0 Å². The third-order valence-electron chi connectivity index (χ3n) is 3.89. The van der Waals surface area contributed by atoms with Gasteiger partial charge >= 0.3 is 0 Å². The Balaban J connectivity index is 1.58. The third kappa shape index (κ3) is 1.17. The van der Waals surface area contributed by atoms with E-state index in [1.54, 1.807) is 6.42 Å². The predicted octanol–water partition coefficient (Wildman–Crippen LogP) is 0.690. The van der Waals surface area contributed by atoms with E-state index in [0.717, 1.165) is 17.9 Å². The van der Waals surface area contributed by atoms with Crippen molar-refractivity contribution in [2.45, 2.75) is 25.3 Å². The monoisotopic (exact) mass is 166 g/mol. The van der Waals surface area contributed by atoms with Crippen LogP contribution in [0.2, 0.25) is 0 Å². The van der Waals surface area contributed by atoms with Crippen LogP contribution in [0.4, 0.5) is 0 Å². The van der Waals surface area contributed by atoms with Crippen molar-refractivity contribution in [2.24, 2.45) is 11.8 Å². The van der Waals surface area contributed by atoms with Crippen LogP contribution in [0.5, 0.6) is 0 Å². The Kier molecular flexibility index (Phi) is 1.66. The van der Waals surface area contributed by atoms with Crippen LogP contribution in [0, 0.1) is 11.8 Å². The zero-order valence-electron chi connectivity index (χ0n) is 7.63. The Labute approximate surface area is 74.3 Å². The van der Waals surface area contributed by atoms with Crippen molar-refractivity contribution in [2.75, 3.05) is 26.2 Å². The average molecular weight is 166 g/mol. The molecule has 1 saturated heterocycles. The van der Waals surface area contributed by atoms with Gasteiger partial charge in [-0.25, -0.2) is 0 Å². The topological polar surface area (TPSA) is 15.3 Å². The minimum atomic E-state index is 0.968. The van der Waals surface area contributed by atoms with Crippen molar-refractivity contribution in [1.82, 2.24) is 10.2 Å². The maximum Gasteiger partial charge on any atom is 0.0110 e. The summed E-state index contributed by atoms with van der Waals surface area (Å²) in [6.45, 7) is 5.02. The first kappa shape index (κ1) is 7.34. The fraction of sp³-hybridized carbons (Fsp3) is 1.00. The molecule has 0 aromatic heterocycles. The minimum absolute atomic E-state index is 0.968. The van der Waals surface area contributed by atoms with Gasteiger partial charge < -0.3 is 5.32 Å². The first-order chi connectivity index (χ1) is 5.93. The SMILES string of the molecule is C1CN(C2CC3CC3C2)CCN1. The van der Waals surface area contributed by atoms with Gasteiger partial charge in [0.2, 0.25) is 0 Å². The smallest absolute Gasteiger partial charge is 0.0110 e. The molecule has 0 amide bonds. The quantitative estimate of drug-likeness (QED) is 0.616. The van der Waals surface area contributed by atoms with Gasteiger partial charge in [0.1, 0.15) is 0 Å². The maximum atomic E-state index is 3.42. The van der Waals surface area contributed by atoms with Gasteiger partial charge in [0.25, 0.3) is 0 Å². The molecule has 0 aromatic carbocycles. The molecule has 68 valence electrons. The van der Waals surface area contributed by atoms with E-state index in [4.69, 9.17) is 0 Å². The summed E-state index contributed by atoms with van der Waals surface area (Å²) in [5.74, 6) is 2.29. The molecule has 0 radical (unpaired) electrons. The molecule has 2 atom stereocenters. The van der Waals surface area contributed by atoms with E-state index in [0.29, 0.717) is 0 Å². The Morgan fingerprint density at radius 1 is 0.917 bits per heavy atom. The molecule has 1 heterocycles. The zero-order valence-corrected chi connectivity index (χ0v) is 7.63. The molecular weight excluding hydrogens is 148 g/mol. The van der Waals surface area contributed by atoms with Crippen LogP contribution in [-0.4, -0.2) is 37.1 Å². The molecule has 3 rings (SSSR count). The van der Waals surface area contributed by atoms with Crippen molar-refractivity contribution in [3.05, 3.63) is 0 Å². The molecule has 2 heteroatoms. The number of rotatable bonds is 1. The van der Waals surface area contributed by atoms with Crippen LogP contribution in [0.1, 0.15) is 19.3 Å². The standard InChI is InChI=1S/C10H18N2/c1-3-12(4-2-11-1)10-6-8-5-9(8)7-10/h8-11H,1-7H2. The molecule has 12 heavy (non-hydrogen) atoms. The van der Waals surface area contributed by atoms with Crippen LogP contribution >= 0.6 is 0 Å². The van der Waals surface area contributed by atoms with Gasteiger partial charge in [0, 0.05) is 32.2 Å². The van der Waals surface area contributed by atoms with Crippen LogP contribution in [0.15, 0.2) is 0 Å². The lowest BCUT2D eigenvalue weighted by Crippen LogP contribution is -2.47. The first-order valence-corrected chi connectivity index (χ1v) is 5.38. The molecule has 3 fully saturated rings. The van der Waals surface area contributed by atoms with E-state index in [1.165, 1.54) is 39.0 Å². The van der Waals surface area contributed by atoms with Crippen LogP contribution in [0.3, 0.4) is 0 Å². The molecule has 1 N–H and O–H groups in total. The Morgan fingerprint density at radius 3 is 2.25 bits per heavy atom. The summed E-state index contributed by atoms with van der Waals surface area (Å²) in [6, 6.07) is 0.968. The molecule has 2 aliphatic carbocycles. The van der Waals surface area contributed by atoms with Crippen molar-refractivity contribution in [3.63, 3.8) is 0 Å². The summed E-state index contributed by atoms with van der Waals surface area (Å²) in [7, 11) is 0. The molecule has 0 bridgehead atoms. The van der Waals surface area contributed by atoms with Gasteiger partial charge in [-0.2, -0.15) is 0 Å². The fourth-order valence-corrected chi connectivity index (χ4v) is 3.03. The van der Waals surface area contributed by atoms with Crippen molar-refractivity contribution in [3.8, 4) is 0 Å². The number of piperazine rings is 1. The molecule has 2 saturated carbocycles. The molecule has 2 unspecified atom stereocenters. The fourth-order valence-electron chi connectivity index (χ4n) is 3.03. The van der Waals surface area contributed by atoms with E-state index in [9.17, 15) is 0 Å². The van der Waals surface area contributed by atoms with Gasteiger partial charge in [-0.15, -0.1) is 0 Å². The normalized spacial score (nSPS) is 47.5. The second-order valence-electron chi connectivity index (χ2n) is 4.67. The van der Waals surface area contributed by atoms with Crippen LogP contribution < -0.4 is 5.32 Å². The van der Waals surface area contributed by atoms with Gasteiger partial charge in [-0.1, -0.05) is 0 Å². The predicted molar refractivity (Wildman–Crippen MR) is 49.1 cm³/mol. The van der Waals surface area contributed by atoms with Gasteiger partial charge in [-0.05, 0) is 31.1 Å². The van der Waals surface area contributed by atoms with Crippen molar-refractivity contribution >= 4 is 0 Å². The second kappa shape index (κ2) is 2.71. The summed E-state index contributed by atoms with van der Waals surface area (Å²) in [4.78, 5) is 2.71. The molecular formula is C10H18N2. The Bertz CT molecular complexity index is 165. The van der Waals surface area contributed by atoms with Gasteiger partial charge in [0.05, 0.1) is 0 Å². The van der Waals surface area contributed by atoms with E-state index in [2.05, 4.69) is 10.2 Å². The molecule has 3 aliphatic rings. The van der Waals surface area contributed by atoms with Crippen molar-refractivity contribution in [1.29, 1.82) is 0 Å². The lowest BCUT2D eigenvalue weighted by molar-refractivity contribution is 0.166. The zero-order chi connectivity index (χ0) is 7.97. The number of nitrogens with zero attached hydrogens (tertiary/aromatic N) is 1. The Morgan fingerprint density at radius 2 is 1.58 bits per heavy atom. The highest BCUT2D eigenvalue weighted by molar-refractivity contribution is 5.00. The minimum Gasteiger partial charge on any atom is -0.314 e. The van der Waals surface area contributed by atoms with Crippen LogP contribution in [-0.2, 0) is 0 Å². The van der Waals surface area contributed by atoms with E-state index >= 15 is 0 Å². The molecule has 2 nitrogen and oxygen atoms in total. The Hall–Kier alpha value is -0.0800. The lowest BCUT2D eigenvalue weighted by atomic mass is 10.1. The lowest BCUT2D eigenvalue weighted by Gasteiger charge is -2.33. The summed E-state index contributed by atoms with van der Waals surface area (Å²) in [5, 5.41) is 3.42. The van der Waals surface area contributed by atoms with E-state index in [-0.39, 0.29) is 0 Å². The summed E-state index contributed by atoms with van der Waals surface area (Å²) in [5.41, 5.74) is 0.